The van der Waals surface area contributed by atoms with Gasteiger partial charge in [-0.1, -0.05) is 18.2 Å². The molecule has 29 heavy (non-hydrogen) atoms. The first kappa shape index (κ1) is 19.0. The summed E-state index contributed by atoms with van der Waals surface area (Å²) >= 11 is 0. The number of anilines is 3. The molecule has 2 aromatic carbocycles. The lowest BCUT2D eigenvalue weighted by atomic mass is 10.0. The molecule has 0 atom stereocenters. The van der Waals surface area contributed by atoms with E-state index in [2.05, 4.69) is 16.4 Å². The van der Waals surface area contributed by atoms with E-state index in [1.165, 1.54) is 5.56 Å². The Labute approximate surface area is 171 Å². The SMILES string of the molecule is CC(C)Oc1ccc(Nc2ccnc(C(=O)N3CCCc4ccccc43)c2)cc1. The minimum absolute atomic E-state index is 0.0681. The van der Waals surface area contributed by atoms with Gasteiger partial charge < -0.3 is 15.0 Å². The van der Waals surface area contributed by atoms with Crippen molar-refractivity contribution >= 4 is 23.0 Å². The first-order valence-corrected chi connectivity index (χ1v) is 10.00. The quantitative estimate of drug-likeness (QED) is 0.653. The summed E-state index contributed by atoms with van der Waals surface area (Å²) in [5, 5.41) is 3.34. The summed E-state index contributed by atoms with van der Waals surface area (Å²) in [6.45, 7) is 4.72. The fraction of sp³-hybridized carbons (Fsp3) is 0.250. The van der Waals surface area contributed by atoms with Crippen LogP contribution in [0.4, 0.5) is 17.1 Å². The summed E-state index contributed by atoms with van der Waals surface area (Å²) in [5.41, 5.74) is 4.39. The molecule has 1 aliphatic rings. The van der Waals surface area contributed by atoms with E-state index in [-0.39, 0.29) is 12.0 Å². The fourth-order valence-corrected chi connectivity index (χ4v) is 3.56. The van der Waals surface area contributed by atoms with E-state index in [1.807, 2.05) is 67.3 Å². The van der Waals surface area contributed by atoms with E-state index in [4.69, 9.17) is 4.74 Å². The second kappa shape index (κ2) is 8.35. The van der Waals surface area contributed by atoms with Gasteiger partial charge in [-0.25, -0.2) is 0 Å². The maximum Gasteiger partial charge on any atom is 0.276 e. The van der Waals surface area contributed by atoms with Crippen molar-refractivity contribution in [3.63, 3.8) is 0 Å². The monoisotopic (exact) mass is 387 g/mol. The van der Waals surface area contributed by atoms with E-state index in [0.29, 0.717) is 12.2 Å². The van der Waals surface area contributed by atoms with Gasteiger partial charge in [0.25, 0.3) is 5.91 Å². The number of amides is 1. The summed E-state index contributed by atoms with van der Waals surface area (Å²) < 4.78 is 5.68. The van der Waals surface area contributed by atoms with Crippen molar-refractivity contribution in [3.05, 3.63) is 78.1 Å². The highest BCUT2D eigenvalue weighted by atomic mass is 16.5. The van der Waals surface area contributed by atoms with Crippen LogP contribution in [0.25, 0.3) is 0 Å². The third-order valence-electron chi connectivity index (χ3n) is 4.85. The van der Waals surface area contributed by atoms with Gasteiger partial charge in [-0.15, -0.1) is 0 Å². The number of benzene rings is 2. The molecule has 1 amide bonds. The van der Waals surface area contributed by atoms with Gasteiger partial charge in [-0.3, -0.25) is 9.78 Å². The van der Waals surface area contributed by atoms with Crippen molar-refractivity contribution in [3.8, 4) is 5.75 Å². The maximum atomic E-state index is 13.1. The van der Waals surface area contributed by atoms with Gasteiger partial charge in [0.2, 0.25) is 0 Å². The highest BCUT2D eigenvalue weighted by molar-refractivity contribution is 6.06. The Kier molecular flexibility index (Phi) is 5.47. The van der Waals surface area contributed by atoms with Crippen molar-refractivity contribution in [1.29, 1.82) is 0 Å². The Morgan fingerprint density at radius 1 is 1.07 bits per heavy atom. The standard InChI is InChI=1S/C24H25N3O2/c1-17(2)29-21-11-9-19(10-12-21)26-20-13-14-25-22(16-20)24(28)27-15-5-7-18-6-3-4-8-23(18)27/h3-4,6,8-14,16-17H,5,7,15H2,1-2H3,(H,25,26). The molecule has 148 valence electrons. The lowest BCUT2D eigenvalue weighted by Crippen LogP contribution is -2.35. The number of rotatable bonds is 5. The van der Waals surface area contributed by atoms with E-state index in [1.54, 1.807) is 12.3 Å². The second-order valence-corrected chi connectivity index (χ2v) is 7.43. The van der Waals surface area contributed by atoms with Crippen LogP contribution in [0.1, 0.15) is 36.3 Å². The number of ether oxygens (including phenoxy) is 1. The van der Waals surface area contributed by atoms with Crippen LogP contribution in [-0.2, 0) is 6.42 Å². The van der Waals surface area contributed by atoms with Crippen LogP contribution >= 0.6 is 0 Å². The number of para-hydroxylation sites is 1. The molecule has 4 rings (SSSR count). The highest BCUT2D eigenvalue weighted by Crippen LogP contribution is 2.28. The molecule has 2 heterocycles. The molecule has 1 N–H and O–H groups in total. The molecule has 0 radical (unpaired) electrons. The average molecular weight is 387 g/mol. The van der Waals surface area contributed by atoms with E-state index >= 15 is 0 Å². The molecule has 1 aliphatic heterocycles. The van der Waals surface area contributed by atoms with Gasteiger partial charge in [-0.2, -0.15) is 0 Å². The van der Waals surface area contributed by atoms with Gasteiger partial charge in [0.05, 0.1) is 6.10 Å². The number of hydrogen-bond donors (Lipinski definition) is 1. The summed E-state index contributed by atoms with van der Waals surface area (Å²) in [7, 11) is 0. The van der Waals surface area contributed by atoms with Crippen LogP contribution in [0, 0.1) is 0 Å². The first-order valence-electron chi connectivity index (χ1n) is 10.00. The molecule has 1 aromatic heterocycles. The molecule has 5 heteroatoms. The Morgan fingerprint density at radius 3 is 2.66 bits per heavy atom. The summed E-state index contributed by atoms with van der Waals surface area (Å²) in [6, 6.07) is 19.5. The lowest BCUT2D eigenvalue weighted by molar-refractivity contribution is 0.0980. The molecule has 3 aromatic rings. The summed E-state index contributed by atoms with van der Waals surface area (Å²) in [4.78, 5) is 19.3. The van der Waals surface area contributed by atoms with E-state index in [9.17, 15) is 4.79 Å². The molecule has 0 saturated heterocycles. The van der Waals surface area contributed by atoms with Crippen LogP contribution < -0.4 is 15.0 Å². The zero-order valence-corrected chi connectivity index (χ0v) is 16.8. The van der Waals surface area contributed by atoms with Crippen molar-refractivity contribution in [2.45, 2.75) is 32.8 Å². The van der Waals surface area contributed by atoms with Crippen LogP contribution in [0.5, 0.6) is 5.75 Å². The first-order chi connectivity index (χ1) is 14.1. The van der Waals surface area contributed by atoms with Gasteiger partial charge >= 0.3 is 0 Å². The number of carbonyl (C=O) groups is 1. The Balaban J connectivity index is 1.51. The summed E-state index contributed by atoms with van der Waals surface area (Å²) in [5.74, 6) is 0.765. The molecule has 0 saturated carbocycles. The highest BCUT2D eigenvalue weighted by Gasteiger charge is 2.24. The van der Waals surface area contributed by atoms with Crippen LogP contribution in [-0.4, -0.2) is 23.5 Å². The third kappa shape index (κ3) is 4.40. The number of carbonyl (C=O) groups excluding carboxylic acids is 1. The number of hydrogen-bond acceptors (Lipinski definition) is 4. The van der Waals surface area contributed by atoms with Gasteiger partial charge in [0.1, 0.15) is 11.4 Å². The topological polar surface area (TPSA) is 54.5 Å². The van der Waals surface area contributed by atoms with Crippen LogP contribution in [0.2, 0.25) is 0 Å². The number of aryl methyl sites for hydroxylation is 1. The molecule has 0 fully saturated rings. The number of fused-ring (bicyclic) bond motifs is 1. The minimum atomic E-state index is -0.0681. The predicted molar refractivity (Wildman–Crippen MR) is 116 cm³/mol. The van der Waals surface area contributed by atoms with Crippen LogP contribution in [0.15, 0.2) is 66.9 Å². The van der Waals surface area contributed by atoms with Crippen molar-refractivity contribution in [2.24, 2.45) is 0 Å². The van der Waals surface area contributed by atoms with Crippen molar-refractivity contribution in [2.75, 3.05) is 16.8 Å². The van der Waals surface area contributed by atoms with Crippen molar-refractivity contribution < 1.29 is 9.53 Å². The number of pyridine rings is 1. The maximum absolute atomic E-state index is 13.1. The zero-order valence-electron chi connectivity index (χ0n) is 16.8. The van der Waals surface area contributed by atoms with Gasteiger partial charge in [-0.05, 0) is 74.7 Å². The number of aromatic nitrogens is 1. The fourth-order valence-electron chi connectivity index (χ4n) is 3.56. The molecular weight excluding hydrogens is 362 g/mol. The molecule has 0 bridgehead atoms. The number of nitrogens with zero attached hydrogens (tertiary/aromatic N) is 2. The largest absolute Gasteiger partial charge is 0.491 e. The van der Waals surface area contributed by atoms with E-state index in [0.717, 1.165) is 35.7 Å². The molecular formula is C24H25N3O2. The third-order valence-corrected chi connectivity index (χ3v) is 4.85. The smallest absolute Gasteiger partial charge is 0.276 e. The normalized spacial score (nSPS) is 13.1. The van der Waals surface area contributed by atoms with E-state index < -0.39 is 0 Å². The van der Waals surface area contributed by atoms with Gasteiger partial charge in [0.15, 0.2) is 0 Å². The Bertz CT molecular complexity index is 999. The zero-order chi connectivity index (χ0) is 20.2. The second-order valence-electron chi connectivity index (χ2n) is 7.43. The summed E-state index contributed by atoms with van der Waals surface area (Å²) in [6.07, 6.45) is 3.78. The Hall–Kier alpha value is -3.34. The van der Waals surface area contributed by atoms with Crippen LogP contribution in [0.3, 0.4) is 0 Å². The van der Waals surface area contributed by atoms with Gasteiger partial charge in [0, 0.05) is 29.8 Å². The Morgan fingerprint density at radius 2 is 1.86 bits per heavy atom. The van der Waals surface area contributed by atoms with Crippen molar-refractivity contribution in [1.82, 2.24) is 4.98 Å². The predicted octanol–water partition coefficient (Wildman–Crippen LogP) is 5.21. The number of nitrogens with one attached hydrogen (secondary N) is 1. The molecule has 0 spiro atoms. The minimum Gasteiger partial charge on any atom is -0.491 e. The average Bonchev–Trinajstić information content (AvgIpc) is 2.74. The lowest BCUT2D eigenvalue weighted by Gasteiger charge is -2.29. The molecule has 0 unspecified atom stereocenters. The molecule has 5 nitrogen and oxygen atoms in total. The molecule has 0 aliphatic carbocycles.